The summed E-state index contributed by atoms with van der Waals surface area (Å²) in [4.78, 5) is 0.414. The van der Waals surface area contributed by atoms with Crippen LogP contribution >= 0.6 is 12.2 Å². The first kappa shape index (κ1) is 14.8. The molecule has 0 aromatic rings. The number of nitrogens with one attached hydrogen (secondary N) is 1. The minimum absolute atomic E-state index is 0.371. The van der Waals surface area contributed by atoms with Crippen LogP contribution < -0.4 is 10.5 Å². The number of hydrogen-bond acceptors (Lipinski definition) is 3. The second-order valence-electron chi connectivity index (χ2n) is 3.05. The number of nitrogens with two attached hydrogens (primary N) is 1. The van der Waals surface area contributed by atoms with Gasteiger partial charge in [-0.2, -0.15) is 12.7 Å². The van der Waals surface area contributed by atoms with Crippen molar-refractivity contribution >= 4 is 27.4 Å². The van der Waals surface area contributed by atoms with Gasteiger partial charge in [0.25, 0.3) is 10.2 Å². The average Bonchev–Trinajstić information content (AvgIpc) is 2.14. The molecule has 0 bridgehead atoms. The number of thiocarbonyl (C=S) groups is 1. The van der Waals surface area contributed by atoms with Gasteiger partial charge < -0.3 is 5.73 Å². The molecule has 0 spiro atoms. The van der Waals surface area contributed by atoms with Gasteiger partial charge in [-0.1, -0.05) is 26.1 Å². The van der Waals surface area contributed by atoms with Gasteiger partial charge in [0.15, 0.2) is 0 Å². The van der Waals surface area contributed by atoms with Gasteiger partial charge in [0.05, 0.1) is 4.99 Å². The lowest BCUT2D eigenvalue weighted by Crippen LogP contribution is -2.40. The fraction of sp³-hybridized carbons (Fsp3) is 0.875. The maximum absolute atomic E-state index is 11.6. The highest BCUT2D eigenvalue weighted by atomic mass is 32.2. The van der Waals surface area contributed by atoms with Crippen LogP contribution in [0.5, 0.6) is 0 Å². The molecule has 0 rings (SSSR count). The molecular weight excluding hydrogens is 234 g/mol. The molecule has 0 aliphatic rings. The van der Waals surface area contributed by atoms with Crippen LogP contribution in [0.1, 0.15) is 26.7 Å². The molecule has 0 heterocycles. The van der Waals surface area contributed by atoms with Gasteiger partial charge in [0.1, 0.15) is 0 Å². The van der Waals surface area contributed by atoms with E-state index >= 15 is 0 Å². The Hall–Kier alpha value is -0.240. The van der Waals surface area contributed by atoms with Crippen molar-refractivity contribution in [1.29, 1.82) is 0 Å². The SMILES string of the molecule is CCN(CC)S(=O)(=O)NCCCC(N)=S. The lowest BCUT2D eigenvalue weighted by molar-refractivity contribution is 0.434. The zero-order valence-electron chi connectivity index (χ0n) is 9.19. The van der Waals surface area contributed by atoms with Crippen LogP contribution in [-0.4, -0.2) is 37.3 Å². The van der Waals surface area contributed by atoms with E-state index in [-0.39, 0.29) is 0 Å². The zero-order valence-corrected chi connectivity index (χ0v) is 10.8. The molecule has 0 atom stereocenters. The van der Waals surface area contributed by atoms with Crippen molar-refractivity contribution in [2.45, 2.75) is 26.7 Å². The van der Waals surface area contributed by atoms with Crippen molar-refractivity contribution in [2.75, 3.05) is 19.6 Å². The highest BCUT2D eigenvalue weighted by Gasteiger charge is 2.16. The smallest absolute Gasteiger partial charge is 0.279 e. The van der Waals surface area contributed by atoms with Crippen molar-refractivity contribution in [3.63, 3.8) is 0 Å². The van der Waals surface area contributed by atoms with Crippen LogP contribution in [0.25, 0.3) is 0 Å². The maximum atomic E-state index is 11.6. The standard InChI is InChI=1S/C8H19N3O2S2/c1-3-11(4-2)15(12,13)10-7-5-6-8(9)14/h10H,3-7H2,1-2H3,(H2,9,14). The van der Waals surface area contributed by atoms with Crippen LogP contribution in [0.4, 0.5) is 0 Å². The third kappa shape index (κ3) is 6.03. The Bertz CT molecular complexity index is 286. The largest absolute Gasteiger partial charge is 0.393 e. The van der Waals surface area contributed by atoms with E-state index in [1.165, 1.54) is 4.31 Å². The van der Waals surface area contributed by atoms with Crippen LogP contribution in [-0.2, 0) is 10.2 Å². The molecule has 0 amide bonds. The molecule has 15 heavy (non-hydrogen) atoms. The van der Waals surface area contributed by atoms with Crippen molar-refractivity contribution < 1.29 is 8.42 Å². The lowest BCUT2D eigenvalue weighted by atomic mass is 10.3. The predicted octanol–water partition coefficient (Wildman–Crippen LogP) is 0.229. The van der Waals surface area contributed by atoms with E-state index < -0.39 is 10.2 Å². The Balaban J connectivity index is 3.99. The Morgan fingerprint density at radius 2 is 1.93 bits per heavy atom. The topological polar surface area (TPSA) is 75.4 Å². The van der Waals surface area contributed by atoms with Gasteiger partial charge in [-0.3, -0.25) is 0 Å². The van der Waals surface area contributed by atoms with E-state index in [9.17, 15) is 8.42 Å². The second-order valence-corrected chi connectivity index (χ2v) is 5.33. The van der Waals surface area contributed by atoms with Gasteiger partial charge in [0.2, 0.25) is 0 Å². The van der Waals surface area contributed by atoms with Crippen molar-refractivity contribution in [2.24, 2.45) is 5.73 Å². The lowest BCUT2D eigenvalue weighted by Gasteiger charge is -2.18. The Kier molecular flexibility index (Phi) is 6.99. The minimum Gasteiger partial charge on any atom is -0.393 e. The van der Waals surface area contributed by atoms with Gasteiger partial charge in [-0.05, 0) is 12.8 Å². The summed E-state index contributed by atoms with van der Waals surface area (Å²) in [6.45, 7) is 4.92. The Labute approximate surface area is 97.2 Å². The number of rotatable bonds is 8. The van der Waals surface area contributed by atoms with Gasteiger partial charge in [-0.25, -0.2) is 4.72 Å². The molecule has 0 aliphatic heterocycles. The second kappa shape index (κ2) is 7.10. The summed E-state index contributed by atoms with van der Waals surface area (Å²) in [5.41, 5.74) is 5.30. The molecule has 0 saturated carbocycles. The fourth-order valence-corrected chi connectivity index (χ4v) is 2.53. The molecule has 0 unspecified atom stereocenters. The maximum Gasteiger partial charge on any atom is 0.279 e. The Morgan fingerprint density at radius 1 is 1.40 bits per heavy atom. The van der Waals surface area contributed by atoms with Gasteiger partial charge in [-0.15, -0.1) is 0 Å². The molecule has 0 aromatic carbocycles. The molecular formula is C8H19N3O2S2. The predicted molar refractivity (Wildman–Crippen MR) is 65.9 cm³/mol. The van der Waals surface area contributed by atoms with E-state index in [0.717, 1.165) is 0 Å². The van der Waals surface area contributed by atoms with E-state index in [2.05, 4.69) is 16.9 Å². The van der Waals surface area contributed by atoms with Crippen molar-refractivity contribution in [3.05, 3.63) is 0 Å². The Morgan fingerprint density at radius 3 is 2.33 bits per heavy atom. The van der Waals surface area contributed by atoms with Gasteiger partial charge >= 0.3 is 0 Å². The quantitative estimate of drug-likeness (QED) is 0.479. The summed E-state index contributed by atoms with van der Waals surface area (Å²) in [6, 6.07) is 0. The molecule has 0 fully saturated rings. The summed E-state index contributed by atoms with van der Waals surface area (Å²) >= 11 is 4.69. The zero-order chi connectivity index (χ0) is 11.9. The summed E-state index contributed by atoms with van der Waals surface area (Å²) in [6.07, 6.45) is 1.20. The molecule has 3 N–H and O–H groups in total. The number of hydrogen-bond donors (Lipinski definition) is 2. The van der Waals surface area contributed by atoms with Crippen molar-refractivity contribution in [1.82, 2.24) is 9.03 Å². The first-order valence-electron chi connectivity index (χ1n) is 4.97. The minimum atomic E-state index is -3.32. The van der Waals surface area contributed by atoms with E-state index in [1.807, 2.05) is 0 Å². The highest BCUT2D eigenvalue weighted by molar-refractivity contribution is 7.87. The molecule has 7 heteroatoms. The summed E-state index contributed by atoms with van der Waals surface area (Å²) < 4.78 is 27.0. The third-order valence-electron chi connectivity index (χ3n) is 1.93. The highest BCUT2D eigenvalue weighted by Crippen LogP contribution is 1.97. The fourth-order valence-electron chi connectivity index (χ4n) is 1.12. The van der Waals surface area contributed by atoms with Crippen LogP contribution in [0.3, 0.4) is 0 Å². The first-order chi connectivity index (χ1) is 6.94. The average molecular weight is 253 g/mol. The monoisotopic (exact) mass is 253 g/mol. The first-order valence-corrected chi connectivity index (χ1v) is 6.81. The number of nitrogens with zero attached hydrogens (tertiary/aromatic N) is 1. The van der Waals surface area contributed by atoms with Crippen LogP contribution in [0.2, 0.25) is 0 Å². The molecule has 0 saturated heterocycles. The normalized spacial score (nSPS) is 11.9. The molecule has 5 nitrogen and oxygen atoms in total. The van der Waals surface area contributed by atoms with E-state index in [4.69, 9.17) is 5.73 Å². The molecule has 0 radical (unpaired) electrons. The van der Waals surface area contributed by atoms with Crippen LogP contribution in [0.15, 0.2) is 0 Å². The molecule has 0 aliphatic carbocycles. The van der Waals surface area contributed by atoms with Crippen LogP contribution in [0, 0.1) is 0 Å². The van der Waals surface area contributed by atoms with Gasteiger partial charge in [0, 0.05) is 19.6 Å². The van der Waals surface area contributed by atoms with E-state index in [0.29, 0.717) is 37.5 Å². The molecule has 90 valence electrons. The van der Waals surface area contributed by atoms with Crippen molar-refractivity contribution in [3.8, 4) is 0 Å². The summed E-state index contributed by atoms with van der Waals surface area (Å²) in [5.74, 6) is 0. The summed E-state index contributed by atoms with van der Waals surface area (Å²) in [5, 5.41) is 0. The molecule has 0 aromatic heterocycles. The summed E-state index contributed by atoms with van der Waals surface area (Å²) in [7, 11) is -3.32. The van der Waals surface area contributed by atoms with E-state index in [1.54, 1.807) is 13.8 Å². The third-order valence-corrected chi connectivity index (χ3v) is 3.90.